The number of hydrogen-bond donors (Lipinski definition) is 1. The van der Waals surface area contributed by atoms with Crippen LogP contribution in [0.15, 0.2) is 22.7 Å². The highest BCUT2D eigenvalue weighted by Gasteiger charge is 2.29. The van der Waals surface area contributed by atoms with Crippen LogP contribution in [0.5, 0.6) is 5.75 Å². The number of rotatable bonds is 3. The predicted octanol–water partition coefficient (Wildman–Crippen LogP) is 2.38. The Balaban J connectivity index is 1.88. The van der Waals surface area contributed by atoms with Crippen LogP contribution in [0.25, 0.3) is 11.4 Å². The Morgan fingerprint density at radius 2 is 2.20 bits per heavy atom. The van der Waals surface area contributed by atoms with E-state index in [1.807, 2.05) is 25.1 Å². The minimum absolute atomic E-state index is 0.315. The van der Waals surface area contributed by atoms with Crippen LogP contribution in [0.2, 0.25) is 0 Å². The van der Waals surface area contributed by atoms with E-state index in [9.17, 15) is 0 Å². The third-order valence-electron chi connectivity index (χ3n) is 3.93. The van der Waals surface area contributed by atoms with Gasteiger partial charge in [-0.1, -0.05) is 12.1 Å². The number of ether oxygens (including phenoxy) is 1. The molecule has 1 N–H and O–H groups in total. The molecule has 2 heterocycles. The maximum atomic E-state index is 5.44. The molecule has 0 bridgehead atoms. The largest absolute Gasteiger partial charge is 0.496 e. The van der Waals surface area contributed by atoms with E-state index in [0.717, 1.165) is 35.9 Å². The molecule has 1 fully saturated rings. The summed E-state index contributed by atoms with van der Waals surface area (Å²) in [5, 5.41) is 7.46. The molecule has 1 aromatic heterocycles. The summed E-state index contributed by atoms with van der Waals surface area (Å²) in [5.41, 5.74) is 2.02. The van der Waals surface area contributed by atoms with Crippen LogP contribution in [0.1, 0.15) is 24.3 Å². The summed E-state index contributed by atoms with van der Waals surface area (Å²) < 4.78 is 10.7. The lowest BCUT2D eigenvalue weighted by Gasteiger charge is -2.07. The first-order valence-electron chi connectivity index (χ1n) is 6.88. The topological polar surface area (TPSA) is 60.2 Å². The number of aromatic nitrogens is 2. The molecule has 5 heteroatoms. The molecule has 20 heavy (non-hydrogen) atoms. The van der Waals surface area contributed by atoms with Crippen LogP contribution in [-0.4, -0.2) is 30.3 Å². The Labute approximate surface area is 118 Å². The van der Waals surface area contributed by atoms with Gasteiger partial charge in [0.05, 0.1) is 13.0 Å². The van der Waals surface area contributed by atoms with Gasteiger partial charge in [0.15, 0.2) is 0 Å². The monoisotopic (exact) mass is 273 g/mol. The van der Waals surface area contributed by atoms with Crippen molar-refractivity contribution >= 4 is 0 Å². The predicted molar refractivity (Wildman–Crippen MR) is 75.8 cm³/mol. The Bertz CT molecular complexity index is 609. The van der Waals surface area contributed by atoms with Gasteiger partial charge in [0.25, 0.3) is 0 Å². The molecule has 0 radical (unpaired) electrons. The normalized spacial score (nSPS) is 22.1. The molecule has 2 atom stereocenters. The summed E-state index contributed by atoms with van der Waals surface area (Å²) in [4.78, 5) is 4.55. The van der Waals surface area contributed by atoms with E-state index in [2.05, 4.69) is 22.4 Å². The van der Waals surface area contributed by atoms with Crippen molar-refractivity contribution in [3.8, 4) is 17.1 Å². The number of aryl methyl sites for hydroxylation is 1. The summed E-state index contributed by atoms with van der Waals surface area (Å²) in [6.07, 6.45) is 0. The fourth-order valence-corrected chi connectivity index (χ4v) is 2.66. The van der Waals surface area contributed by atoms with Crippen LogP contribution < -0.4 is 10.1 Å². The maximum Gasteiger partial charge on any atom is 0.231 e. The lowest BCUT2D eigenvalue weighted by atomic mass is 9.98. The molecule has 0 saturated carbocycles. The van der Waals surface area contributed by atoms with Gasteiger partial charge in [-0.3, -0.25) is 0 Å². The van der Waals surface area contributed by atoms with Gasteiger partial charge in [0.1, 0.15) is 5.75 Å². The van der Waals surface area contributed by atoms with Crippen LogP contribution >= 0.6 is 0 Å². The van der Waals surface area contributed by atoms with Crippen LogP contribution in [0.4, 0.5) is 0 Å². The average Bonchev–Trinajstić information content (AvgIpc) is 3.07. The zero-order valence-electron chi connectivity index (χ0n) is 12.0. The molecule has 0 aliphatic carbocycles. The number of benzene rings is 1. The highest BCUT2D eigenvalue weighted by Crippen LogP contribution is 2.29. The van der Waals surface area contributed by atoms with E-state index < -0.39 is 0 Å². The average molecular weight is 273 g/mol. The number of methoxy groups -OCH3 is 1. The zero-order chi connectivity index (χ0) is 14.1. The smallest absolute Gasteiger partial charge is 0.231 e. The van der Waals surface area contributed by atoms with Crippen molar-refractivity contribution in [2.45, 2.75) is 19.8 Å². The molecule has 5 nitrogen and oxygen atoms in total. The van der Waals surface area contributed by atoms with Crippen molar-refractivity contribution in [1.29, 1.82) is 0 Å². The van der Waals surface area contributed by atoms with E-state index in [4.69, 9.17) is 9.26 Å². The molecule has 0 spiro atoms. The summed E-state index contributed by atoms with van der Waals surface area (Å²) in [6, 6.07) is 5.90. The third-order valence-corrected chi connectivity index (χ3v) is 3.93. The molecule has 106 valence electrons. The maximum absolute atomic E-state index is 5.44. The molecular formula is C15H19N3O2. The van der Waals surface area contributed by atoms with Crippen LogP contribution in [0.3, 0.4) is 0 Å². The Morgan fingerprint density at radius 1 is 1.35 bits per heavy atom. The van der Waals surface area contributed by atoms with Crippen molar-refractivity contribution < 1.29 is 9.26 Å². The van der Waals surface area contributed by atoms with E-state index >= 15 is 0 Å². The van der Waals surface area contributed by atoms with E-state index in [1.54, 1.807) is 7.11 Å². The molecule has 1 saturated heterocycles. The van der Waals surface area contributed by atoms with Crippen molar-refractivity contribution in [3.63, 3.8) is 0 Å². The highest BCUT2D eigenvalue weighted by molar-refractivity contribution is 5.58. The highest BCUT2D eigenvalue weighted by atomic mass is 16.5. The van der Waals surface area contributed by atoms with Crippen molar-refractivity contribution in [3.05, 3.63) is 29.7 Å². The quantitative estimate of drug-likeness (QED) is 0.930. The van der Waals surface area contributed by atoms with E-state index in [1.165, 1.54) is 0 Å². The second-order valence-electron chi connectivity index (χ2n) is 5.38. The third kappa shape index (κ3) is 2.29. The second kappa shape index (κ2) is 5.25. The molecule has 2 aromatic rings. The lowest BCUT2D eigenvalue weighted by Crippen LogP contribution is -2.08. The van der Waals surface area contributed by atoms with E-state index in [-0.39, 0.29) is 0 Å². The first kappa shape index (κ1) is 13.1. The summed E-state index contributed by atoms with van der Waals surface area (Å²) in [7, 11) is 1.67. The van der Waals surface area contributed by atoms with Gasteiger partial charge in [-0.25, -0.2) is 0 Å². The minimum atomic E-state index is 0.315. The van der Waals surface area contributed by atoms with E-state index in [0.29, 0.717) is 17.7 Å². The Morgan fingerprint density at radius 3 is 2.85 bits per heavy atom. The number of nitrogens with zero attached hydrogens (tertiary/aromatic N) is 2. The molecule has 0 amide bonds. The molecular weight excluding hydrogens is 254 g/mol. The molecule has 3 rings (SSSR count). The molecule has 1 aromatic carbocycles. The van der Waals surface area contributed by atoms with Gasteiger partial charge in [-0.15, -0.1) is 0 Å². The van der Waals surface area contributed by atoms with Gasteiger partial charge in [0, 0.05) is 12.1 Å². The lowest BCUT2D eigenvalue weighted by molar-refractivity contribution is 0.340. The van der Waals surface area contributed by atoms with Crippen LogP contribution in [-0.2, 0) is 0 Å². The summed E-state index contributed by atoms with van der Waals surface area (Å²) in [6.45, 7) is 6.12. The number of hydrogen-bond acceptors (Lipinski definition) is 5. The molecule has 1 aliphatic rings. The fraction of sp³-hybridized carbons (Fsp3) is 0.467. The fourth-order valence-electron chi connectivity index (χ4n) is 2.66. The molecule has 2 unspecified atom stereocenters. The van der Waals surface area contributed by atoms with Crippen molar-refractivity contribution in [2.24, 2.45) is 5.92 Å². The Kier molecular flexibility index (Phi) is 3.44. The summed E-state index contributed by atoms with van der Waals surface area (Å²) >= 11 is 0. The zero-order valence-corrected chi connectivity index (χ0v) is 12.0. The Hall–Kier alpha value is -1.88. The SMILES string of the molecule is COc1ccc(-c2noc(C3CNCC3C)n2)cc1C. The van der Waals surface area contributed by atoms with Gasteiger partial charge in [-0.2, -0.15) is 4.98 Å². The van der Waals surface area contributed by atoms with Crippen LogP contribution in [0, 0.1) is 12.8 Å². The molecule has 1 aliphatic heterocycles. The van der Waals surface area contributed by atoms with Gasteiger partial charge < -0.3 is 14.6 Å². The first-order chi connectivity index (χ1) is 9.69. The first-order valence-corrected chi connectivity index (χ1v) is 6.88. The van der Waals surface area contributed by atoms with Gasteiger partial charge in [0.2, 0.25) is 11.7 Å². The standard InChI is InChI=1S/C15H19N3O2/c1-9-6-11(4-5-13(9)19-3)14-17-15(20-18-14)12-8-16-7-10(12)2/h4-6,10,12,16H,7-8H2,1-3H3. The number of nitrogens with one attached hydrogen (secondary N) is 1. The van der Waals surface area contributed by atoms with Gasteiger partial charge >= 0.3 is 0 Å². The van der Waals surface area contributed by atoms with Crippen molar-refractivity contribution in [2.75, 3.05) is 20.2 Å². The second-order valence-corrected chi connectivity index (χ2v) is 5.38. The summed E-state index contributed by atoms with van der Waals surface area (Å²) in [5.74, 6) is 3.08. The minimum Gasteiger partial charge on any atom is -0.496 e. The van der Waals surface area contributed by atoms with Crippen molar-refractivity contribution in [1.82, 2.24) is 15.5 Å². The van der Waals surface area contributed by atoms with Gasteiger partial charge in [-0.05, 0) is 43.1 Å².